The normalized spacial score (nSPS) is 11.5. The first kappa shape index (κ1) is 15.5. The molecule has 0 heterocycles. The lowest BCUT2D eigenvalue weighted by Gasteiger charge is -2.22. The number of benzene rings is 2. The van der Waals surface area contributed by atoms with Gasteiger partial charge in [0.15, 0.2) is 6.10 Å². The molecule has 6 nitrogen and oxygen atoms in total. The molecule has 0 unspecified atom stereocenters. The summed E-state index contributed by atoms with van der Waals surface area (Å²) in [6, 6.07) is 14.9. The van der Waals surface area contributed by atoms with Gasteiger partial charge in [-0.25, -0.2) is 0 Å². The lowest BCUT2D eigenvalue weighted by molar-refractivity contribution is -0.384. The highest BCUT2D eigenvalue weighted by Gasteiger charge is 2.20. The summed E-state index contributed by atoms with van der Waals surface area (Å²) in [6.45, 7) is 1.64. The summed E-state index contributed by atoms with van der Waals surface area (Å²) in [5, 5.41) is 10.6. The fraction of sp³-hybridized carbons (Fsp3) is 0.188. The Labute approximate surface area is 128 Å². The van der Waals surface area contributed by atoms with Crippen molar-refractivity contribution in [3.05, 3.63) is 64.7 Å². The number of carbonyl (C=O) groups is 1. The molecule has 114 valence electrons. The maximum Gasteiger partial charge on any atom is 0.269 e. The minimum absolute atomic E-state index is 0.0206. The molecule has 0 N–H and O–H groups in total. The number of rotatable bonds is 5. The monoisotopic (exact) mass is 300 g/mol. The van der Waals surface area contributed by atoms with E-state index in [0.29, 0.717) is 5.75 Å². The molecule has 2 aromatic carbocycles. The van der Waals surface area contributed by atoms with E-state index in [-0.39, 0.29) is 11.6 Å². The third kappa shape index (κ3) is 3.60. The molecule has 2 rings (SSSR count). The third-order valence-electron chi connectivity index (χ3n) is 3.18. The molecule has 1 atom stereocenters. The van der Waals surface area contributed by atoms with Gasteiger partial charge in [-0.05, 0) is 31.2 Å². The Balaban J connectivity index is 2.03. The van der Waals surface area contributed by atoms with Crippen molar-refractivity contribution in [1.82, 2.24) is 0 Å². The van der Waals surface area contributed by atoms with Gasteiger partial charge in [-0.1, -0.05) is 18.2 Å². The standard InChI is InChI=1S/C16H16N2O4/c1-12(16(19)17(2)13-6-4-3-5-7-13)22-15-10-8-14(9-11-15)18(20)21/h3-12H,1-2H3/t12-/m1/s1. The van der Waals surface area contributed by atoms with Gasteiger partial charge >= 0.3 is 0 Å². The first-order chi connectivity index (χ1) is 10.5. The van der Waals surface area contributed by atoms with Crippen molar-refractivity contribution in [1.29, 1.82) is 0 Å². The lowest BCUT2D eigenvalue weighted by atomic mass is 10.2. The van der Waals surface area contributed by atoms with Gasteiger partial charge in [0.2, 0.25) is 0 Å². The number of non-ortho nitro benzene ring substituents is 1. The van der Waals surface area contributed by atoms with E-state index in [0.717, 1.165) is 5.69 Å². The Morgan fingerprint density at radius 1 is 1.14 bits per heavy atom. The van der Waals surface area contributed by atoms with Crippen LogP contribution in [-0.2, 0) is 4.79 Å². The van der Waals surface area contributed by atoms with Crippen LogP contribution in [0.5, 0.6) is 5.75 Å². The average Bonchev–Trinajstić information content (AvgIpc) is 2.54. The average molecular weight is 300 g/mol. The molecule has 0 saturated carbocycles. The second kappa shape index (κ2) is 6.71. The summed E-state index contributed by atoms with van der Waals surface area (Å²) in [6.07, 6.45) is -0.702. The Hall–Kier alpha value is -2.89. The van der Waals surface area contributed by atoms with Crippen LogP contribution in [0.1, 0.15) is 6.92 Å². The molecule has 1 amide bonds. The van der Waals surface area contributed by atoms with Crippen molar-refractivity contribution >= 4 is 17.3 Å². The highest BCUT2D eigenvalue weighted by atomic mass is 16.6. The molecule has 2 aromatic rings. The van der Waals surface area contributed by atoms with Crippen molar-refractivity contribution in [2.75, 3.05) is 11.9 Å². The number of hydrogen-bond donors (Lipinski definition) is 0. The number of carbonyl (C=O) groups excluding carboxylic acids is 1. The van der Waals surface area contributed by atoms with E-state index in [9.17, 15) is 14.9 Å². The number of para-hydroxylation sites is 1. The van der Waals surface area contributed by atoms with Crippen molar-refractivity contribution in [2.24, 2.45) is 0 Å². The maximum atomic E-state index is 12.3. The van der Waals surface area contributed by atoms with Gasteiger partial charge in [-0.15, -0.1) is 0 Å². The third-order valence-corrected chi connectivity index (χ3v) is 3.18. The number of nitro benzene ring substituents is 1. The van der Waals surface area contributed by atoms with Crippen LogP contribution in [0.4, 0.5) is 11.4 Å². The second-order valence-electron chi connectivity index (χ2n) is 4.74. The Morgan fingerprint density at radius 3 is 2.27 bits per heavy atom. The van der Waals surface area contributed by atoms with Crippen LogP contribution in [0.25, 0.3) is 0 Å². The molecule has 0 saturated heterocycles. The Kier molecular flexibility index (Phi) is 4.73. The maximum absolute atomic E-state index is 12.3. The van der Waals surface area contributed by atoms with Gasteiger partial charge in [-0.3, -0.25) is 14.9 Å². The summed E-state index contributed by atoms with van der Waals surface area (Å²) in [5.74, 6) is 0.206. The lowest BCUT2D eigenvalue weighted by Crippen LogP contribution is -2.37. The smallest absolute Gasteiger partial charge is 0.269 e. The summed E-state index contributed by atoms with van der Waals surface area (Å²) in [4.78, 5) is 23.9. The van der Waals surface area contributed by atoms with Crippen LogP contribution < -0.4 is 9.64 Å². The molecule has 0 fully saturated rings. The molecular formula is C16H16N2O4. The number of nitrogens with zero attached hydrogens (tertiary/aromatic N) is 2. The van der Waals surface area contributed by atoms with E-state index in [2.05, 4.69) is 0 Å². The van der Waals surface area contributed by atoms with E-state index in [4.69, 9.17) is 4.74 Å². The molecule has 0 radical (unpaired) electrons. The van der Waals surface area contributed by atoms with Gasteiger partial charge in [0.25, 0.3) is 11.6 Å². The molecule has 0 aliphatic carbocycles. The van der Waals surface area contributed by atoms with Gasteiger partial charge < -0.3 is 9.64 Å². The van der Waals surface area contributed by atoms with E-state index < -0.39 is 11.0 Å². The Morgan fingerprint density at radius 2 is 1.73 bits per heavy atom. The highest BCUT2D eigenvalue weighted by Crippen LogP contribution is 2.19. The van der Waals surface area contributed by atoms with Gasteiger partial charge in [-0.2, -0.15) is 0 Å². The number of ether oxygens (including phenoxy) is 1. The summed E-state index contributed by atoms with van der Waals surface area (Å²) < 4.78 is 5.54. The van der Waals surface area contributed by atoms with E-state index in [1.165, 1.54) is 29.2 Å². The molecule has 6 heteroatoms. The van der Waals surface area contributed by atoms with Crippen molar-refractivity contribution < 1.29 is 14.5 Å². The van der Waals surface area contributed by atoms with Gasteiger partial charge in [0.05, 0.1) is 4.92 Å². The van der Waals surface area contributed by atoms with Crippen molar-refractivity contribution in [3.63, 3.8) is 0 Å². The molecule has 22 heavy (non-hydrogen) atoms. The zero-order valence-electron chi connectivity index (χ0n) is 12.3. The van der Waals surface area contributed by atoms with Crippen LogP contribution in [0.2, 0.25) is 0 Å². The van der Waals surface area contributed by atoms with Crippen LogP contribution in [-0.4, -0.2) is 24.0 Å². The zero-order chi connectivity index (χ0) is 16.1. The minimum Gasteiger partial charge on any atom is -0.481 e. The summed E-state index contributed by atoms with van der Waals surface area (Å²) >= 11 is 0. The second-order valence-corrected chi connectivity index (χ2v) is 4.74. The first-order valence-electron chi connectivity index (χ1n) is 6.73. The molecule has 0 bridgehead atoms. The van der Waals surface area contributed by atoms with Crippen molar-refractivity contribution in [3.8, 4) is 5.75 Å². The highest BCUT2D eigenvalue weighted by molar-refractivity contribution is 5.95. The van der Waals surface area contributed by atoms with Crippen LogP contribution in [0, 0.1) is 10.1 Å². The molecule has 0 aliphatic rings. The van der Waals surface area contributed by atoms with Gasteiger partial charge in [0.1, 0.15) is 5.75 Å². The van der Waals surface area contributed by atoms with E-state index >= 15 is 0 Å². The van der Waals surface area contributed by atoms with Crippen LogP contribution >= 0.6 is 0 Å². The number of nitro groups is 1. The SMILES string of the molecule is C[C@@H](Oc1ccc([N+](=O)[O-])cc1)C(=O)N(C)c1ccccc1. The molecular weight excluding hydrogens is 284 g/mol. The molecule has 0 aromatic heterocycles. The predicted octanol–water partition coefficient (Wildman–Crippen LogP) is 3.03. The first-order valence-corrected chi connectivity index (χ1v) is 6.73. The minimum atomic E-state index is -0.702. The summed E-state index contributed by atoms with van der Waals surface area (Å²) in [5.41, 5.74) is 0.749. The van der Waals surface area contributed by atoms with Gasteiger partial charge in [0, 0.05) is 24.9 Å². The van der Waals surface area contributed by atoms with E-state index in [1.54, 1.807) is 14.0 Å². The fourth-order valence-corrected chi connectivity index (χ4v) is 1.95. The number of anilines is 1. The number of likely N-dealkylation sites (N-methyl/N-ethyl adjacent to an activating group) is 1. The quantitative estimate of drug-likeness (QED) is 0.628. The van der Waals surface area contributed by atoms with Crippen LogP contribution in [0.3, 0.4) is 0 Å². The van der Waals surface area contributed by atoms with Crippen LogP contribution in [0.15, 0.2) is 54.6 Å². The number of hydrogen-bond acceptors (Lipinski definition) is 4. The Bertz CT molecular complexity index is 656. The largest absolute Gasteiger partial charge is 0.481 e. The molecule has 0 spiro atoms. The molecule has 0 aliphatic heterocycles. The fourth-order valence-electron chi connectivity index (χ4n) is 1.95. The van der Waals surface area contributed by atoms with E-state index in [1.807, 2.05) is 30.3 Å². The predicted molar refractivity (Wildman–Crippen MR) is 83.0 cm³/mol. The number of amides is 1. The van der Waals surface area contributed by atoms with Crippen molar-refractivity contribution in [2.45, 2.75) is 13.0 Å². The summed E-state index contributed by atoms with van der Waals surface area (Å²) in [7, 11) is 1.67. The zero-order valence-corrected chi connectivity index (χ0v) is 12.3. The topological polar surface area (TPSA) is 72.7 Å².